The molecule has 0 aromatic carbocycles. The third-order valence-electron chi connectivity index (χ3n) is 3.96. The van der Waals surface area contributed by atoms with Crippen molar-refractivity contribution in [2.75, 3.05) is 7.05 Å². The first-order valence-electron chi connectivity index (χ1n) is 7.64. The van der Waals surface area contributed by atoms with Gasteiger partial charge in [-0.05, 0) is 12.8 Å². The Balaban J connectivity index is 1.80. The van der Waals surface area contributed by atoms with Crippen molar-refractivity contribution in [1.29, 1.82) is 0 Å². The molecule has 20 heavy (non-hydrogen) atoms. The monoisotopic (exact) mass is 278 g/mol. The number of aromatic nitrogens is 2. The minimum atomic E-state index is 0.0272. The normalized spacial score (nSPS) is 17.3. The van der Waals surface area contributed by atoms with Crippen molar-refractivity contribution < 1.29 is 4.79 Å². The molecule has 1 saturated carbocycles. The van der Waals surface area contributed by atoms with Crippen molar-refractivity contribution in [3.05, 3.63) is 18.0 Å². The molecule has 1 aromatic heterocycles. The van der Waals surface area contributed by atoms with Crippen LogP contribution in [0.25, 0.3) is 0 Å². The predicted molar refractivity (Wildman–Crippen MR) is 79.3 cm³/mol. The van der Waals surface area contributed by atoms with Gasteiger partial charge in [-0.15, -0.1) is 0 Å². The maximum atomic E-state index is 12.2. The smallest absolute Gasteiger partial charge is 0.317 e. The van der Waals surface area contributed by atoms with Gasteiger partial charge in [0.2, 0.25) is 0 Å². The van der Waals surface area contributed by atoms with Gasteiger partial charge in [0.25, 0.3) is 0 Å². The average Bonchev–Trinajstić information content (AvgIpc) is 2.77. The molecule has 0 atom stereocenters. The van der Waals surface area contributed by atoms with Crippen LogP contribution in [0.2, 0.25) is 0 Å². The molecule has 2 rings (SSSR count). The van der Waals surface area contributed by atoms with E-state index in [1.165, 1.54) is 32.1 Å². The van der Waals surface area contributed by atoms with E-state index in [0.29, 0.717) is 12.6 Å². The summed E-state index contributed by atoms with van der Waals surface area (Å²) in [6, 6.07) is 0.374. The summed E-state index contributed by atoms with van der Waals surface area (Å²) in [6.07, 6.45) is 12.4. The Bertz CT molecular complexity index is 421. The Morgan fingerprint density at radius 1 is 1.35 bits per heavy atom. The standard InChI is InChI=1S/C15H26N4O/c1-18(11-13-10-16-19(2)12-13)15(20)17-14-8-6-4-3-5-7-9-14/h10,12,14H,3-9,11H2,1-2H3,(H,17,20). The molecule has 0 unspecified atom stereocenters. The Hall–Kier alpha value is -1.52. The number of hydrogen-bond donors (Lipinski definition) is 1. The van der Waals surface area contributed by atoms with Gasteiger partial charge in [-0.1, -0.05) is 32.1 Å². The molecule has 2 amide bonds. The second-order valence-electron chi connectivity index (χ2n) is 5.87. The predicted octanol–water partition coefficient (Wildman–Crippen LogP) is 2.67. The lowest BCUT2D eigenvalue weighted by Crippen LogP contribution is -2.43. The van der Waals surface area contributed by atoms with Gasteiger partial charge >= 0.3 is 6.03 Å². The van der Waals surface area contributed by atoms with Crippen molar-refractivity contribution in [3.63, 3.8) is 0 Å². The third kappa shape index (κ3) is 4.54. The van der Waals surface area contributed by atoms with Crippen LogP contribution in [0.1, 0.15) is 50.5 Å². The molecule has 0 spiro atoms. The van der Waals surface area contributed by atoms with Crippen molar-refractivity contribution in [2.45, 2.75) is 57.5 Å². The van der Waals surface area contributed by atoms with Crippen molar-refractivity contribution in [1.82, 2.24) is 20.0 Å². The number of nitrogens with zero attached hydrogens (tertiary/aromatic N) is 3. The maximum absolute atomic E-state index is 12.2. The zero-order chi connectivity index (χ0) is 14.4. The summed E-state index contributed by atoms with van der Waals surface area (Å²) >= 11 is 0. The SMILES string of the molecule is CN(Cc1cnn(C)c1)C(=O)NC1CCCCCCC1. The van der Waals surface area contributed by atoms with Crippen LogP contribution in [0.15, 0.2) is 12.4 Å². The molecular weight excluding hydrogens is 252 g/mol. The highest BCUT2D eigenvalue weighted by molar-refractivity contribution is 5.74. The van der Waals surface area contributed by atoms with Crippen molar-refractivity contribution in [3.8, 4) is 0 Å². The van der Waals surface area contributed by atoms with Gasteiger partial charge in [0, 0.05) is 31.9 Å². The number of carbonyl (C=O) groups is 1. The van der Waals surface area contributed by atoms with Gasteiger partial charge in [0.1, 0.15) is 0 Å². The summed E-state index contributed by atoms with van der Waals surface area (Å²) in [4.78, 5) is 13.9. The second-order valence-corrected chi connectivity index (χ2v) is 5.87. The summed E-state index contributed by atoms with van der Waals surface area (Å²) in [5.41, 5.74) is 1.06. The van der Waals surface area contributed by atoms with Crippen LogP contribution in [0.5, 0.6) is 0 Å². The Morgan fingerprint density at radius 2 is 2.00 bits per heavy atom. The van der Waals surface area contributed by atoms with E-state index in [2.05, 4.69) is 10.4 Å². The molecule has 1 heterocycles. The van der Waals surface area contributed by atoms with Gasteiger partial charge in [-0.3, -0.25) is 4.68 Å². The Morgan fingerprint density at radius 3 is 2.60 bits per heavy atom. The van der Waals surface area contributed by atoms with E-state index >= 15 is 0 Å². The molecule has 0 radical (unpaired) electrons. The molecule has 1 aromatic rings. The number of rotatable bonds is 3. The lowest BCUT2D eigenvalue weighted by atomic mass is 9.97. The highest BCUT2D eigenvalue weighted by Crippen LogP contribution is 2.17. The van der Waals surface area contributed by atoms with Gasteiger partial charge < -0.3 is 10.2 Å². The molecule has 1 fully saturated rings. The second kappa shape index (κ2) is 7.31. The topological polar surface area (TPSA) is 50.2 Å². The van der Waals surface area contributed by atoms with E-state index < -0.39 is 0 Å². The molecule has 1 aliphatic carbocycles. The number of hydrogen-bond acceptors (Lipinski definition) is 2. The number of carbonyl (C=O) groups excluding carboxylic acids is 1. The molecule has 0 saturated heterocycles. The Kier molecular flexibility index (Phi) is 5.44. The van der Waals surface area contributed by atoms with E-state index in [1.54, 1.807) is 15.8 Å². The van der Waals surface area contributed by atoms with Crippen LogP contribution in [0, 0.1) is 0 Å². The van der Waals surface area contributed by atoms with Gasteiger partial charge in [0.15, 0.2) is 0 Å². The lowest BCUT2D eigenvalue weighted by molar-refractivity contribution is 0.200. The first-order valence-corrected chi connectivity index (χ1v) is 7.64. The summed E-state index contributed by atoms with van der Waals surface area (Å²) < 4.78 is 1.76. The van der Waals surface area contributed by atoms with Crippen LogP contribution < -0.4 is 5.32 Å². The quantitative estimate of drug-likeness (QED) is 0.924. The highest BCUT2D eigenvalue weighted by Gasteiger charge is 2.16. The molecule has 0 aliphatic heterocycles. The third-order valence-corrected chi connectivity index (χ3v) is 3.96. The molecule has 0 bridgehead atoms. The van der Waals surface area contributed by atoms with E-state index in [1.807, 2.05) is 20.3 Å². The summed E-state index contributed by atoms with van der Waals surface area (Å²) in [5.74, 6) is 0. The van der Waals surface area contributed by atoms with Crippen LogP contribution in [0.3, 0.4) is 0 Å². The summed E-state index contributed by atoms with van der Waals surface area (Å²) in [5, 5.41) is 7.30. The van der Waals surface area contributed by atoms with Crippen LogP contribution in [0.4, 0.5) is 4.79 Å². The number of urea groups is 1. The van der Waals surface area contributed by atoms with Crippen molar-refractivity contribution in [2.24, 2.45) is 7.05 Å². The maximum Gasteiger partial charge on any atom is 0.317 e. The fraction of sp³-hybridized carbons (Fsp3) is 0.733. The fourth-order valence-electron chi connectivity index (χ4n) is 2.78. The summed E-state index contributed by atoms with van der Waals surface area (Å²) in [6.45, 7) is 0.604. The van der Waals surface area contributed by atoms with E-state index in [-0.39, 0.29) is 6.03 Å². The zero-order valence-corrected chi connectivity index (χ0v) is 12.6. The highest BCUT2D eigenvalue weighted by atomic mass is 16.2. The van der Waals surface area contributed by atoms with Gasteiger partial charge in [0.05, 0.1) is 12.7 Å². The molecule has 1 N–H and O–H groups in total. The molecule has 5 nitrogen and oxygen atoms in total. The van der Waals surface area contributed by atoms with Gasteiger partial charge in [-0.2, -0.15) is 5.10 Å². The number of aryl methyl sites for hydroxylation is 1. The minimum Gasteiger partial charge on any atom is -0.335 e. The van der Waals surface area contributed by atoms with Crippen LogP contribution in [-0.4, -0.2) is 33.8 Å². The molecule has 5 heteroatoms. The minimum absolute atomic E-state index is 0.0272. The lowest BCUT2D eigenvalue weighted by Gasteiger charge is -2.24. The number of nitrogens with one attached hydrogen (secondary N) is 1. The molecular formula is C15H26N4O. The van der Waals surface area contributed by atoms with Gasteiger partial charge in [-0.25, -0.2) is 4.79 Å². The zero-order valence-electron chi connectivity index (χ0n) is 12.6. The van der Waals surface area contributed by atoms with E-state index in [4.69, 9.17) is 0 Å². The fourth-order valence-corrected chi connectivity index (χ4v) is 2.78. The first kappa shape index (κ1) is 14.9. The molecule has 112 valence electrons. The van der Waals surface area contributed by atoms with E-state index in [9.17, 15) is 4.79 Å². The van der Waals surface area contributed by atoms with E-state index in [0.717, 1.165) is 18.4 Å². The van der Waals surface area contributed by atoms with Crippen molar-refractivity contribution >= 4 is 6.03 Å². The van der Waals surface area contributed by atoms with Crippen LogP contribution in [-0.2, 0) is 13.6 Å². The summed E-state index contributed by atoms with van der Waals surface area (Å²) in [7, 11) is 3.73. The number of amides is 2. The molecule has 1 aliphatic rings. The largest absolute Gasteiger partial charge is 0.335 e. The Labute approximate surface area is 121 Å². The van der Waals surface area contributed by atoms with Crippen LogP contribution >= 0.6 is 0 Å². The first-order chi connectivity index (χ1) is 9.65. The average molecular weight is 278 g/mol.